The van der Waals surface area contributed by atoms with Gasteiger partial charge in [-0.1, -0.05) is 48.5 Å². The number of aliphatic hydroxyl groups is 1. The molecule has 1 aliphatic heterocycles. The summed E-state index contributed by atoms with van der Waals surface area (Å²) in [6.07, 6.45) is 1.39. The quantitative estimate of drug-likeness (QED) is 0.214. The van der Waals surface area contributed by atoms with Gasteiger partial charge in [-0.2, -0.15) is 0 Å². The minimum Gasteiger partial charge on any atom is -0.497 e. The Morgan fingerprint density at radius 2 is 1.81 bits per heavy atom. The number of carbonyl (C=O) groups is 2. The predicted octanol–water partition coefficient (Wildman–Crippen LogP) is 4.93. The molecule has 0 saturated carbocycles. The van der Waals surface area contributed by atoms with E-state index in [0.717, 1.165) is 40.4 Å². The second kappa shape index (κ2) is 14.4. The molecular formula is C34H38N4O4S. The highest BCUT2D eigenvalue weighted by atomic mass is 32.1. The maximum Gasteiger partial charge on any atom is 0.254 e. The molecular weight excluding hydrogens is 560 g/mol. The fourth-order valence-electron chi connectivity index (χ4n) is 5.44. The van der Waals surface area contributed by atoms with Crippen LogP contribution >= 0.6 is 11.3 Å². The topological polar surface area (TPSA) is 104 Å². The summed E-state index contributed by atoms with van der Waals surface area (Å²) >= 11 is 1.58. The van der Waals surface area contributed by atoms with E-state index in [-0.39, 0.29) is 24.4 Å². The van der Waals surface area contributed by atoms with Crippen LogP contribution in [0.25, 0.3) is 0 Å². The standard InChI is InChI=1S/C34H38N4O4S/c1-23-22-43-33(36-23)30-15-8-16-38(30)34(41)27-13-7-12-26(19-27)32(40)37-29(18-24-9-4-3-5-10-24)31(39)21-35-20-25-11-6-14-28(17-25)42-2/h3-7,9-14,17,19,22,29-31,35,39H,8,15-16,18,20-21H2,1-2H3,(H,37,40)/t29-,30?,31+/m0/s1. The van der Waals surface area contributed by atoms with E-state index in [1.807, 2.05) is 71.8 Å². The van der Waals surface area contributed by atoms with Crippen LogP contribution in [0.2, 0.25) is 0 Å². The highest BCUT2D eigenvalue weighted by Gasteiger charge is 2.33. The maximum atomic E-state index is 13.6. The van der Waals surface area contributed by atoms with Crippen LogP contribution in [0.15, 0.2) is 84.2 Å². The van der Waals surface area contributed by atoms with E-state index in [4.69, 9.17) is 4.74 Å². The molecule has 1 aromatic heterocycles. The molecule has 3 atom stereocenters. The van der Waals surface area contributed by atoms with Gasteiger partial charge in [-0.25, -0.2) is 4.98 Å². The summed E-state index contributed by atoms with van der Waals surface area (Å²) in [4.78, 5) is 33.6. The monoisotopic (exact) mass is 598 g/mol. The number of aliphatic hydroxyl groups excluding tert-OH is 1. The predicted molar refractivity (Wildman–Crippen MR) is 168 cm³/mol. The summed E-state index contributed by atoms with van der Waals surface area (Å²) in [5.41, 5.74) is 3.83. The first kappa shape index (κ1) is 30.4. The summed E-state index contributed by atoms with van der Waals surface area (Å²) in [7, 11) is 1.63. The van der Waals surface area contributed by atoms with E-state index in [1.54, 1.807) is 42.7 Å². The normalized spacial score (nSPS) is 16.1. The van der Waals surface area contributed by atoms with Gasteiger partial charge in [0.1, 0.15) is 10.8 Å². The van der Waals surface area contributed by atoms with Gasteiger partial charge < -0.3 is 25.4 Å². The maximum absolute atomic E-state index is 13.6. The lowest BCUT2D eigenvalue weighted by Crippen LogP contribution is -2.48. The molecule has 1 aliphatic rings. The van der Waals surface area contributed by atoms with Crippen LogP contribution in [0, 0.1) is 6.92 Å². The van der Waals surface area contributed by atoms with Crippen LogP contribution < -0.4 is 15.4 Å². The summed E-state index contributed by atoms with van der Waals surface area (Å²) in [6.45, 7) is 3.44. The second-order valence-corrected chi connectivity index (χ2v) is 11.8. The molecule has 0 radical (unpaired) electrons. The number of hydrogen-bond acceptors (Lipinski definition) is 7. The van der Waals surface area contributed by atoms with Gasteiger partial charge in [0, 0.05) is 41.8 Å². The van der Waals surface area contributed by atoms with Crippen molar-refractivity contribution in [3.63, 3.8) is 0 Å². The third kappa shape index (κ3) is 7.87. The molecule has 0 spiro atoms. The van der Waals surface area contributed by atoms with E-state index in [9.17, 15) is 14.7 Å². The molecule has 224 valence electrons. The SMILES string of the molecule is COc1cccc(CNC[C@@H](O)[C@H](Cc2ccccc2)NC(=O)c2cccc(C(=O)N3CCCC3c3nc(C)cs3)c2)c1. The van der Waals surface area contributed by atoms with Gasteiger partial charge in [-0.3, -0.25) is 9.59 Å². The first-order valence-electron chi connectivity index (χ1n) is 14.6. The number of methoxy groups -OCH3 is 1. The summed E-state index contributed by atoms with van der Waals surface area (Å²) in [5.74, 6) is 0.330. The first-order chi connectivity index (χ1) is 20.9. The Kier molecular flexibility index (Phi) is 10.2. The van der Waals surface area contributed by atoms with Gasteiger partial charge in [-0.15, -0.1) is 11.3 Å². The largest absolute Gasteiger partial charge is 0.497 e. The minimum absolute atomic E-state index is 0.0430. The molecule has 1 saturated heterocycles. The van der Waals surface area contributed by atoms with Crippen molar-refractivity contribution in [2.75, 3.05) is 20.2 Å². The fraction of sp³-hybridized carbons (Fsp3) is 0.324. The Morgan fingerprint density at radius 3 is 2.58 bits per heavy atom. The zero-order valence-corrected chi connectivity index (χ0v) is 25.3. The molecule has 0 bridgehead atoms. The number of aromatic nitrogens is 1. The molecule has 3 aromatic carbocycles. The number of likely N-dealkylation sites (tertiary alicyclic amines) is 1. The van der Waals surface area contributed by atoms with Gasteiger partial charge in [0.05, 0.1) is 25.3 Å². The Balaban J connectivity index is 1.27. The van der Waals surface area contributed by atoms with Gasteiger partial charge >= 0.3 is 0 Å². The lowest BCUT2D eigenvalue weighted by atomic mass is 10.00. The Labute approximate surface area is 256 Å². The molecule has 1 unspecified atom stereocenters. The third-order valence-electron chi connectivity index (χ3n) is 7.70. The van der Waals surface area contributed by atoms with Crippen LogP contribution in [0.4, 0.5) is 0 Å². The van der Waals surface area contributed by atoms with Gasteiger partial charge in [0.25, 0.3) is 11.8 Å². The average molecular weight is 599 g/mol. The van der Waals surface area contributed by atoms with Crippen molar-refractivity contribution < 1.29 is 19.4 Å². The molecule has 43 heavy (non-hydrogen) atoms. The smallest absolute Gasteiger partial charge is 0.254 e. The number of amides is 2. The van der Waals surface area contributed by atoms with Crippen molar-refractivity contribution in [3.05, 3.63) is 117 Å². The molecule has 5 rings (SSSR count). The number of hydrogen-bond donors (Lipinski definition) is 3. The molecule has 3 N–H and O–H groups in total. The van der Waals surface area contributed by atoms with Crippen LogP contribution in [0.1, 0.15) is 61.4 Å². The van der Waals surface area contributed by atoms with Crippen LogP contribution in [0.5, 0.6) is 5.75 Å². The summed E-state index contributed by atoms with van der Waals surface area (Å²) in [5, 5.41) is 20.5. The Hall–Kier alpha value is -4.05. The van der Waals surface area contributed by atoms with E-state index < -0.39 is 12.1 Å². The number of nitrogens with zero attached hydrogens (tertiary/aromatic N) is 2. The molecule has 0 aliphatic carbocycles. The van der Waals surface area contributed by atoms with E-state index in [0.29, 0.717) is 30.6 Å². The molecule has 1 fully saturated rings. The summed E-state index contributed by atoms with van der Waals surface area (Å²) < 4.78 is 5.30. The average Bonchev–Trinajstić information content (AvgIpc) is 3.70. The van der Waals surface area contributed by atoms with E-state index >= 15 is 0 Å². The molecule has 9 heteroatoms. The number of ether oxygens (including phenoxy) is 1. The zero-order chi connectivity index (χ0) is 30.2. The van der Waals surface area contributed by atoms with Crippen LogP contribution in [-0.2, 0) is 13.0 Å². The molecule has 4 aromatic rings. The fourth-order valence-corrected chi connectivity index (χ4v) is 6.39. The van der Waals surface area contributed by atoms with Crippen molar-refractivity contribution in [2.24, 2.45) is 0 Å². The number of carbonyl (C=O) groups excluding carboxylic acids is 2. The van der Waals surface area contributed by atoms with E-state index in [1.165, 1.54) is 0 Å². The van der Waals surface area contributed by atoms with Gasteiger partial charge in [-0.05, 0) is 67.6 Å². The highest BCUT2D eigenvalue weighted by Crippen LogP contribution is 2.34. The van der Waals surface area contributed by atoms with Crippen molar-refractivity contribution in [2.45, 2.75) is 50.9 Å². The molecule has 8 nitrogen and oxygen atoms in total. The van der Waals surface area contributed by atoms with E-state index in [2.05, 4.69) is 15.6 Å². The lowest BCUT2D eigenvalue weighted by molar-refractivity contribution is 0.0735. The number of benzene rings is 3. The van der Waals surface area contributed by atoms with Crippen LogP contribution in [-0.4, -0.2) is 59.1 Å². The van der Waals surface area contributed by atoms with Gasteiger partial charge in [0.2, 0.25) is 0 Å². The number of thiazole rings is 1. The number of nitrogens with one attached hydrogen (secondary N) is 2. The van der Waals surface area contributed by atoms with Crippen molar-refractivity contribution >= 4 is 23.2 Å². The van der Waals surface area contributed by atoms with Crippen molar-refractivity contribution in [1.82, 2.24) is 20.5 Å². The Morgan fingerprint density at radius 1 is 1.05 bits per heavy atom. The zero-order valence-electron chi connectivity index (χ0n) is 24.5. The third-order valence-corrected chi connectivity index (χ3v) is 8.77. The highest BCUT2D eigenvalue weighted by molar-refractivity contribution is 7.09. The minimum atomic E-state index is -0.855. The second-order valence-electron chi connectivity index (χ2n) is 10.9. The molecule has 2 amide bonds. The first-order valence-corrected chi connectivity index (χ1v) is 15.5. The van der Waals surface area contributed by atoms with Crippen LogP contribution in [0.3, 0.4) is 0 Å². The van der Waals surface area contributed by atoms with Gasteiger partial charge in [0.15, 0.2) is 0 Å². The lowest BCUT2D eigenvalue weighted by Gasteiger charge is -2.25. The Bertz CT molecular complexity index is 1530. The molecule has 2 heterocycles. The summed E-state index contributed by atoms with van der Waals surface area (Å²) in [6, 6.07) is 23.7. The van der Waals surface area contributed by atoms with Crippen molar-refractivity contribution in [1.29, 1.82) is 0 Å². The van der Waals surface area contributed by atoms with Crippen molar-refractivity contribution in [3.8, 4) is 5.75 Å². The number of aryl methyl sites for hydroxylation is 1. The number of rotatable bonds is 12.